The zero-order valence-corrected chi connectivity index (χ0v) is 18.9. The quantitative estimate of drug-likeness (QED) is 0.708. The van der Waals surface area contributed by atoms with E-state index in [1.807, 2.05) is 30.3 Å². The number of hydrogen-bond donors (Lipinski definition) is 2. The number of anilines is 1. The minimum Gasteiger partial charge on any atom is -0.466 e. The summed E-state index contributed by atoms with van der Waals surface area (Å²) < 4.78 is 5.08. The van der Waals surface area contributed by atoms with Gasteiger partial charge in [0.15, 0.2) is 0 Å². The number of amides is 2. The maximum Gasteiger partial charge on any atom is 0.338 e. The van der Waals surface area contributed by atoms with E-state index in [0.717, 1.165) is 31.7 Å². The van der Waals surface area contributed by atoms with Gasteiger partial charge in [-0.2, -0.15) is 0 Å². The molecule has 2 heterocycles. The summed E-state index contributed by atoms with van der Waals surface area (Å²) in [5.74, 6) is -0.435. The highest BCUT2D eigenvalue weighted by Gasteiger charge is 2.34. The third-order valence-corrected chi connectivity index (χ3v) is 6.36. The van der Waals surface area contributed by atoms with Gasteiger partial charge >= 0.3 is 12.0 Å². The molecule has 2 amide bonds. The van der Waals surface area contributed by atoms with Crippen LogP contribution in [0, 0.1) is 13.8 Å². The number of nitrogens with zero attached hydrogens (tertiary/aromatic N) is 2. The number of nitrogens with one attached hydrogen (secondary N) is 2. The van der Waals surface area contributed by atoms with Crippen molar-refractivity contribution in [3.8, 4) is 0 Å². The van der Waals surface area contributed by atoms with E-state index in [-0.39, 0.29) is 6.03 Å². The van der Waals surface area contributed by atoms with Crippen molar-refractivity contribution in [1.29, 1.82) is 0 Å². The van der Waals surface area contributed by atoms with E-state index in [2.05, 4.69) is 52.5 Å². The second kappa shape index (κ2) is 9.44. The number of carbonyl (C=O) groups is 2. The first-order chi connectivity index (χ1) is 15.5. The van der Waals surface area contributed by atoms with Crippen molar-refractivity contribution >= 4 is 17.7 Å². The van der Waals surface area contributed by atoms with E-state index < -0.39 is 12.0 Å². The van der Waals surface area contributed by atoms with Crippen LogP contribution in [-0.2, 0) is 9.53 Å². The Balaban J connectivity index is 1.54. The average Bonchev–Trinajstić information content (AvgIpc) is 2.81. The van der Waals surface area contributed by atoms with Crippen LogP contribution in [0.4, 0.5) is 10.5 Å². The van der Waals surface area contributed by atoms with Gasteiger partial charge in [0.25, 0.3) is 0 Å². The van der Waals surface area contributed by atoms with Gasteiger partial charge in [0.2, 0.25) is 0 Å². The number of hydrogen-bond acceptors (Lipinski definition) is 5. The largest absolute Gasteiger partial charge is 0.466 e. The summed E-state index contributed by atoms with van der Waals surface area (Å²) in [6, 6.07) is 15.1. The van der Waals surface area contributed by atoms with Crippen molar-refractivity contribution in [2.75, 3.05) is 44.7 Å². The number of aryl methyl sites for hydroxylation is 1. The van der Waals surface area contributed by atoms with E-state index in [4.69, 9.17) is 4.74 Å². The first kappa shape index (κ1) is 21.9. The van der Waals surface area contributed by atoms with E-state index >= 15 is 0 Å². The average molecular weight is 435 g/mol. The molecule has 0 unspecified atom stereocenters. The number of urea groups is 1. The zero-order valence-electron chi connectivity index (χ0n) is 18.9. The molecule has 0 radical (unpaired) electrons. The second-order valence-electron chi connectivity index (χ2n) is 8.31. The number of benzene rings is 2. The van der Waals surface area contributed by atoms with Crippen LogP contribution < -0.4 is 15.5 Å². The minimum absolute atomic E-state index is 0.310. The third kappa shape index (κ3) is 4.48. The van der Waals surface area contributed by atoms with Gasteiger partial charge in [0.05, 0.1) is 18.7 Å². The molecular weight excluding hydrogens is 404 g/mol. The molecule has 2 aliphatic rings. The number of piperazine rings is 1. The Kier molecular flexibility index (Phi) is 6.46. The van der Waals surface area contributed by atoms with Gasteiger partial charge in [-0.1, -0.05) is 42.5 Å². The molecule has 168 valence electrons. The predicted molar refractivity (Wildman–Crippen MR) is 124 cm³/mol. The van der Waals surface area contributed by atoms with E-state index in [9.17, 15) is 9.59 Å². The number of ether oxygens (including phenoxy) is 1. The Morgan fingerprint density at radius 2 is 1.75 bits per heavy atom. The molecule has 0 aliphatic carbocycles. The monoisotopic (exact) mass is 434 g/mol. The normalized spacial score (nSPS) is 19.4. The molecule has 4 rings (SSSR count). The van der Waals surface area contributed by atoms with Crippen LogP contribution in [0.15, 0.2) is 59.8 Å². The molecule has 2 aliphatic heterocycles. The van der Waals surface area contributed by atoms with Gasteiger partial charge in [-0.05, 0) is 36.6 Å². The molecule has 7 heteroatoms. The molecule has 2 aromatic rings. The van der Waals surface area contributed by atoms with Crippen LogP contribution in [0.5, 0.6) is 0 Å². The molecule has 1 fully saturated rings. The maximum absolute atomic E-state index is 12.7. The molecule has 0 spiro atoms. The molecule has 1 saturated heterocycles. The summed E-state index contributed by atoms with van der Waals surface area (Å²) in [4.78, 5) is 29.8. The van der Waals surface area contributed by atoms with Crippen LogP contribution in [0.3, 0.4) is 0 Å². The number of rotatable bonds is 5. The Hall–Kier alpha value is -3.32. The van der Waals surface area contributed by atoms with Crippen LogP contribution in [0.25, 0.3) is 0 Å². The fourth-order valence-electron chi connectivity index (χ4n) is 4.44. The predicted octanol–water partition coefficient (Wildman–Crippen LogP) is 2.91. The van der Waals surface area contributed by atoms with Crippen molar-refractivity contribution in [3.05, 3.63) is 76.5 Å². The highest BCUT2D eigenvalue weighted by atomic mass is 16.5. The number of methoxy groups -OCH3 is 1. The second-order valence-corrected chi connectivity index (χ2v) is 8.31. The molecule has 1 atom stereocenters. The summed E-state index contributed by atoms with van der Waals surface area (Å²) in [7, 11) is 1.37. The van der Waals surface area contributed by atoms with E-state index in [1.54, 1.807) is 0 Å². The summed E-state index contributed by atoms with van der Waals surface area (Å²) in [6.07, 6.45) is 0. The summed E-state index contributed by atoms with van der Waals surface area (Å²) in [6.45, 7) is 8.24. The molecule has 0 saturated carbocycles. The molecule has 2 aromatic carbocycles. The van der Waals surface area contributed by atoms with Gasteiger partial charge in [-0.3, -0.25) is 4.90 Å². The molecule has 32 heavy (non-hydrogen) atoms. The molecule has 0 aromatic heterocycles. The summed E-state index contributed by atoms with van der Waals surface area (Å²) >= 11 is 0. The lowest BCUT2D eigenvalue weighted by molar-refractivity contribution is -0.136. The first-order valence-electron chi connectivity index (χ1n) is 10.9. The molecule has 0 bridgehead atoms. The maximum atomic E-state index is 12.7. The fraction of sp³-hybridized carbons (Fsp3) is 0.360. The lowest BCUT2D eigenvalue weighted by atomic mass is 9.95. The summed E-state index contributed by atoms with van der Waals surface area (Å²) in [5.41, 5.74) is 5.79. The fourth-order valence-corrected chi connectivity index (χ4v) is 4.44. The van der Waals surface area contributed by atoms with Crippen molar-refractivity contribution in [3.63, 3.8) is 0 Å². The standard InChI is InChI=1S/C25H30N4O3/c1-17-8-7-11-21(18(17)2)29-14-12-28(13-15-29)16-20-22(24(30)32-3)23(27-25(31)26-20)19-9-5-4-6-10-19/h4-11,23H,12-16H2,1-3H3,(H2,26,27,31)/t23-/m0/s1. The Bertz CT molecular complexity index is 1030. The minimum atomic E-state index is -0.538. The number of esters is 1. The smallest absolute Gasteiger partial charge is 0.338 e. The Morgan fingerprint density at radius 1 is 1.03 bits per heavy atom. The molecular formula is C25H30N4O3. The number of carbonyl (C=O) groups excluding carboxylic acids is 2. The zero-order chi connectivity index (χ0) is 22.7. The Labute approximate surface area is 189 Å². The van der Waals surface area contributed by atoms with E-state index in [0.29, 0.717) is 17.8 Å². The van der Waals surface area contributed by atoms with Crippen molar-refractivity contribution in [2.45, 2.75) is 19.9 Å². The molecule has 2 N–H and O–H groups in total. The highest BCUT2D eigenvalue weighted by molar-refractivity contribution is 5.95. The molecule has 7 nitrogen and oxygen atoms in total. The van der Waals surface area contributed by atoms with Crippen LogP contribution in [-0.4, -0.2) is 56.7 Å². The first-order valence-corrected chi connectivity index (χ1v) is 10.9. The van der Waals surface area contributed by atoms with Gasteiger partial charge in [0, 0.05) is 44.1 Å². The highest BCUT2D eigenvalue weighted by Crippen LogP contribution is 2.29. The third-order valence-electron chi connectivity index (χ3n) is 6.36. The van der Waals surface area contributed by atoms with Gasteiger partial charge in [-0.25, -0.2) is 9.59 Å². The van der Waals surface area contributed by atoms with Gasteiger partial charge in [0.1, 0.15) is 0 Å². The summed E-state index contributed by atoms with van der Waals surface area (Å²) in [5, 5.41) is 5.73. The van der Waals surface area contributed by atoms with Gasteiger partial charge in [-0.15, -0.1) is 0 Å². The van der Waals surface area contributed by atoms with Crippen molar-refractivity contribution < 1.29 is 14.3 Å². The SMILES string of the molecule is COC(=O)C1=C(CN2CCN(c3cccc(C)c3C)CC2)NC(=O)N[C@H]1c1ccccc1. The van der Waals surface area contributed by atoms with Crippen LogP contribution >= 0.6 is 0 Å². The lowest BCUT2D eigenvalue weighted by Crippen LogP contribution is -2.51. The van der Waals surface area contributed by atoms with Crippen LogP contribution in [0.2, 0.25) is 0 Å². The van der Waals surface area contributed by atoms with Crippen molar-refractivity contribution in [2.24, 2.45) is 0 Å². The van der Waals surface area contributed by atoms with E-state index in [1.165, 1.54) is 23.9 Å². The van der Waals surface area contributed by atoms with Gasteiger partial charge < -0.3 is 20.3 Å². The Morgan fingerprint density at radius 3 is 2.44 bits per heavy atom. The topological polar surface area (TPSA) is 73.9 Å². The van der Waals surface area contributed by atoms with Crippen LogP contribution in [0.1, 0.15) is 22.7 Å². The lowest BCUT2D eigenvalue weighted by Gasteiger charge is -2.38. The van der Waals surface area contributed by atoms with Crippen molar-refractivity contribution in [1.82, 2.24) is 15.5 Å².